The fourth-order valence-electron chi connectivity index (χ4n) is 3.33. The van der Waals surface area contributed by atoms with Crippen molar-refractivity contribution < 1.29 is 9.53 Å². The lowest BCUT2D eigenvalue weighted by Gasteiger charge is -2.17. The Morgan fingerprint density at radius 3 is 2.92 bits per heavy atom. The van der Waals surface area contributed by atoms with Crippen molar-refractivity contribution in [2.45, 2.75) is 39.2 Å². The van der Waals surface area contributed by atoms with Gasteiger partial charge in [0, 0.05) is 17.3 Å². The molecule has 3 heterocycles. The molecule has 0 saturated carbocycles. The third-order valence-corrected chi connectivity index (χ3v) is 5.92. The average molecular weight is 369 g/mol. The number of pyridine rings is 1. The second kappa shape index (κ2) is 6.64. The maximum Gasteiger partial charge on any atom is 0.338 e. The van der Waals surface area contributed by atoms with Gasteiger partial charge < -0.3 is 9.72 Å². The van der Waals surface area contributed by atoms with E-state index in [0.29, 0.717) is 22.7 Å². The molecule has 134 valence electrons. The van der Waals surface area contributed by atoms with Gasteiger partial charge in [0.1, 0.15) is 4.83 Å². The molecule has 26 heavy (non-hydrogen) atoms. The highest BCUT2D eigenvalue weighted by atomic mass is 32.1. The molecular formula is C19H19N3O3S. The summed E-state index contributed by atoms with van der Waals surface area (Å²) in [5.41, 5.74) is 1.41. The molecule has 1 N–H and O–H groups in total. The van der Waals surface area contributed by atoms with Gasteiger partial charge >= 0.3 is 5.97 Å². The van der Waals surface area contributed by atoms with Crippen LogP contribution in [0.4, 0.5) is 0 Å². The van der Waals surface area contributed by atoms with Crippen molar-refractivity contribution in [1.29, 1.82) is 0 Å². The number of H-pyrrole nitrogens is 1. The molecule has 3 aromatic rings. The molecule has 0 aromatic carbocycles. The smallest absolute Gasteiger partial charge is 0.338 e. The first-order chi connectivity index (χ1) is 12.5. The number of carbonyl (C=O) groups is 1. The first-order valence-corrected chi connectivity index (χ1v) is 9.50. The largest absolute Gasteiger partial charge is 0.451 e. The lowest BCUT2D eigenvalue weighted by atomic mass is 9.89. The Morgan fingerprint density at radius 2 is 2.15 bits per heavy atom. The number of hydrogen-bond donors (Lipinski definition) is 1. The molecule has 4 rings (SSSR count). The minimum absolute atomic E-state index is 0.149. The number of carbonyl (C=O) groups excluding carboxylic acids is 1. The number of ether oxygens (including phenoxy) is 1. The van der Waals surface area contributed by atoms with Gasteiger partial charge in [-0.2, -0.15) is 0 Å². The Hall–Kier alpha value is -2.54. The zero-order valence-corrected chi connectivity index (χ0v) is 15.4. The number of nitrogens with one attached hydrogen (secondary N) is 1. The predicted molar refractivity (Wildman–Crippen MR) is 99.5 cm³/mol. The Balaban J connectivity index is 1.65. The summed E-state index contributed by atoms with van der Waals surface area (Å²) in [6, 6.07) is 3.17. The molecular weight excluding hydrogens is 350 g/mol. The average Bonchev–Trinajstić information content (AvgIpc) is 3.00. The van der Waals surface area contributed by atoms with Crippen molar-refractivity contribution in [3.8, 4) is 0 Å². The van der Waals surface area contributed by atoms with Crippen LogP contribution >= 0.6 is 11.3 Å². The number of esters is 1. The first-order valence-electron chi connectivity index (χ1n) is 8.68. The van der Waals surface area contributed by atoms with Gasteiger partial charge in [-0.3, -0.25) is 9.78 Å². The van der Waals surface area contributed by atoms with Gasteiger partial charge in [0.05, 0.1) is 10.9 Å². The van der Waals surface area contributed by atoms with E-state index >= 15 is 0 Å². The van der Waals surface area contributed by atoms with Crippen LogP contribution in [0.15, 0.2) is 29.3 Å². The molecule has 6 nitrogen and oxygen atoms in total. The van der Waals surface area contributed by atoms with Crippen LogP contribution in [-0.2, 0) is 17.6 Å². The fraction of sp³-hybridized carbons (Fsp3) is 0.368. The summed E-state index contributed by atoms with van der Waals surface area (Å²) >= 11 is 1.58. The first kappa shape index (κ1) is 16.9. The van der Waals surface area contributed by atoms with Crippen LogP contribution < -0.4 is 5.56 Å². The maximum atomic E-state index is 12.6. The van der Waals surface area contributed by atoms with Crippen LogP contribution in [0.5, 0.6) is 0 Å². The van der Waals surface area contributed by atoms with Crippen LogP contribution in [0.3, 0.4) is 0 Å². The van der Waals surface area contributed by atoms with E-state index < -0.39 is 12.1 Å². The minimum atomic E-state index is -0.647. The summed E-state index contributed by atoms with van der Waals surface area (Å²) in [6.45, 7) is 3.94. The van der Waals surface area contributed by atoms with Gasteiger partial charge in [-0.15, -0.1) is 11.3 Å². The number of aromatic amines is 1. The summed E-state index contributed by atoms with van der Waals surface area (Å²) < 4.78 is 5.45. The highest BCUT2D eigenvalue weighted by Gasteiger charge is 2.24. The van der Waals surface area contributed by atoms with Gasteiger partial charge in [-0.25, -0.2) is 9.78 Å². The second-order valence-electron chi connectivity index (χ2n) is 6.77. The van der Waals surface area contributed by atoms with Crippen LogP contribution in [0.1, 0.15) is 53.0 Å². The molecule has 3 aromatic heterocycles. The molecule has 7 heteroatoms. The molecule has 0 aliphatic heterocycles. The molecule has 1 aliphatic carbocycles. The minimum Gasteiger partial charge on any atom is -0.451 e. The molecule has 0 radical (unpaired) electrons. The number of hydrogen-bond acceptors (Lipinski definition) is 6. The van der Waals surface area contributed by atoms with Crippen molar-refractivity contribution in [1.82, 2.24) is 15.0 Å². The Morgan fingerprint density at radius 1 is 1.38 bits per heavy atom. The molecule has 1 aliphatic rings. The SMILES string of the molecule is C[C@H]1CCc2c(sc3nc([C@H](C)OC(=O)c4ccncc4)[nH]c(=O)c23)C1. The van der Waals surface area contributed by atoms with Gasteiger partial charge in [0.2, 0.25) is 0 Å². The van der Waals surface area contributed by atoms with Gasteiger partial charge in [0.15, 0.2) is 11.9 Å². The van der Waals surface area contributed by atoms with E-state index in [1.165, 1.54) is 17.3 Å². The van der Waals surface area contributed by atoms with Gasteiger partial charge in [-0.1, -0.05) is 6.92 Å². The zero-order chi connectivity index (χ0) is 18.3. The van der Waals surface area contributed by atoms with Crippen molar-refractivity contribution in [3.05, 3.63) is 56.7 Å². The number of aromatic nitrogens is 3. The van der Waals surface area contributed by atoms with Crippen LogP contribution in [0.25, 0.3) is 10.2 Å². The van der Waals surface area contributed by atoms with Crippen LogP contribution in [-0.4, -0.2) is 20.9 Å². The second-order valence-corrected chi connectivity index (χ2v) is 7.85. The fourth-order valence-corrected chi connectivity index (χ4v) is 4.72. The van der Waals surface area contributed by atoms with Crippen molar-refractivity contribution in [2.75, 3.05) is 0 Å². The third kappa shape index (κ3) is 3.03. The molecule has 0 fully saturated rings. The van der Waals surface area contributed by atoms with Crippen molar-refractivity contribution in [2.24, 2.45) is 5.92 Å². The van der Waals surface area contributed by atoms with Gasteiger partial charge in [-0.05, 0) is 49.8 Å². The number of fused-ring (bicyclic) bond motifs is 3. The Kier molecular flexibility index (Phi) is 4.32. The molecule has 0 spiro atoms. The van der Waals surface area contributed by atoms with E-state index in [0.717, 1.165) is 29.7 Å². The molecule has 0 bridgehead atoms. The summed E-state index contributed by atoms with van der Waals surface area (Å²) in [6.07, 6.45) is 5.44. The number of rotatable bonds is 3. The van der Waals surface area contributed by atoms with Crippen molar-refractivity contribution in [3.63, 3.8) is 0 Å². The lowest BCUT2D eigenvalue weighted by molar-refractivity contribution is 0.0320. The quantitative estimate of drug-likeness (QED) is 0.715. The van der Waals surface area contributed by atoms with E-state index in [1.807, 2.05) is 0 Å². The number of aryl methyl sites for hydroxylation is 1. The number of nitrogens with zero attached hydrogens (tertiary/aromatic N) is 2. The lowest BCUT2D eigenvalue weighted by Crippen LogP contribution is -2.18. The molecule has 0 amide bonds. The monoisotopic (exact) mass is 369 g/mol. The normalized spacial score (nSPS) is 17.7. The summed E-state index contributed by atoms with van der Waals surface area (Å²) in [4.78, 5) is 38.1. The van der Waals surface area contributed by atoms with E-state index in [-0.39, 0.29) is 5.56 Å². The van der Waals surface area contributed by atoms with E-state index in [2.05, 4.69) is 21.9 Å². The third-order valence-electron chi connectivity index (χ3n) is 4.77. The highest BCUT2D eigenvalue weighted by Crippen LogP contribution is 2.35. The van der Waals surface area contributed by atoms with Gasteiger partial charge in [0.25, 0.3) is 5.56 Å². The maximum absolute atomic E-state index is 12.6. The Bertz CT molecular complexity index is 1030. The van der Waals surface area contributed by atoms with E-state index in [9.17, 15) is 9.59 Å². The predicted octanol–water partition coefficient (Wildman–Crippen LogP) is 3.42. The molecule has 2 atom stereocenters. The standard InChI is InChI=1S/C19H19N3O3S/c1-10-3-4-13-14(9-10)26-18-15(13)17(23)21-16(22-18)11(2)25-19(24)12-5-7-20-8-6-12/h5-8,10-11H,3-4,9H2,1-2H3,(H,21,22,23)/t10-,11-/m0/s1. The number of thiophene rings is 1. The highest BCUT2D eigenvalue weighted by molar-refractivity contribution is 7.18. The zero-order valence-electron chi connectivity index (χ0n) is 14.6. The topological polar surface area (TPSA) is 84.9 Å². The van der Waals surface area contributed by atoms with E-state index in [4.69, 9.17) is 4.74 Å². The molecule has 0 saturated heterocycles. The summed E-state index contributed by atoms with van der Waals surface area (Å²) in [5, 5.41) is 0.702. The summed E-state index contributed by atoms with van der Waals surface area (Å²) in [7, 11) is 0. The van der Waals surface area contributed by atoms with Crippen LogP contribution in [0.2, 0.25) is 0 Å². The van der Waals surface area contributed by atoms with Crippen LogP contribution in [0, 0.1) is 5.92 Å². The van der Waals surface area contributed by atoms with E-state index in [1.54, 1.807) is 30.4 Å². The Labute approximate surface area is 154 Å². The molecule has 0 unspecified atom stereocenters. The van der Waals surface area contributed by atoms with Crippen molar-refractivity contribution >= 4 is 27.5 Å². The summed E-state index contributed by atoms with van der Waals surface area (Å²) in [5.74, 6) is 0.535.